The van der Waals surface area contributed by atoms with E-state index in [1.807, 2.05) is 11.3 Å². The lowest BCUT2D eigenvalue weighted by molar-refractivity contribution is 0.693. The molecule has 3 heteroatoms. The van der Waals surface area contributed by atoms with Crippen LogP contribution in [0.25, 0.3) is 0 Å². The number of hydrogen-bond donors (Lipinski definition) is 0. The lowest BCUT2D eigenvalue weighted by Crippen LogP contribution is -1.95. The molecule has 0 amide bonds. The molecular weight excluding hydrogens is 312 g/mol. The zero-order valence-electron chi connectivity index (χ0n) is 7.72. The van der Waals surface area contributed by atoms with Gasteiger partial charge in [0, 0.05) is 9.70 Å². The van der Waals surface area contributed by atoms with Crippen molar-refractivity contribution >= 4 is 43.2 Å². The van der Waals surface area contributed by atoms with E-state index in [1.165, 1.54) is 34.3 Å². The Morgan fingerprint density at radius 2 is 2.23 bits per heavy atom. The quantitative estimate of drug-likeness (QED) is 0.668. The molecule has 0 N–H and O–H groups in total. The van der Waals surface area contributed by atoms with Gasteiger partial charge in [-0.3, -0.25) is 0 Å². The van der Waals surface area contributed by atoms with Gasteiger partial charge < -0.3 is 0 Å². The fourth-order valence-electron chi connectivity index (χ4n) is 1.19. The van der Waals surface area contributed by atoms with Gasteiger partial charge in [-0.25, -0.2) is 0 Å². The van der Waals surface area contributed by atoms with E-state index in [0.29, 0.717) is 4.83 Å². The summed E-state index contributed by atoms with van der Waals surface area (Å²) < 4.78 is 1.24. The maximum absolute atomic E-state index is 3.65. The Morgan fingerprint density at radius 1 is 1.46 bits per heavy atom. The van der Waals surface area contributed by atoms with Crippen LogP contribution in [0.3, 0.4) is 0 Å². The van der Waals surface area contributed by atoms with Crippen LogP contribution in [0, 0.1) is 0 Å². The van der Waals surface area contributed by atoms with E-state index in [1.54, 1.807) is 0 Å². The highest BCUT2D eigenvalue weighted by Gasteiger charge is 2.02. The van der Waals surface area contributed by atoms with E-state index in [0.717, 1.165) is 0 Å². The van der Waals surface area contributed by atoms with Gasteiger partial charge in [0.1, 0.15) is 0 Å². The molecule has 74 valence electrons. The minimum absolute atomic E-state index is 0.705. The molecule has 1 unspecified atom stereocenters. The van der Waals surface area contributed by atoms with Crippen LogP contribution in [0.1, 0.15) is 31.1 Å². The molecule has 0 fully saturated rings. The first-order chi connectivity index (χ1) is 6.22. The van der Waals surface area contributed by atoms with Gasteiger partial charge in [0.25, 0.3) is 0 Å². The van der Waals surface area contributed by atoms with Gasteiger partial charge in [0.15, 0.2) is 0 Å². The molecule has 0 aliphatic rings. The molecule has 1 atom stereocenters. The molecule has 0 saturated carbocycles. The molecule has 0 aliphatic carbocycles. The first-order valence-electron chi connectivity index (χ1n) is 4.60. The van der Waals surface area contributed by atoms with E-state index < -0.39 is 0 Å². The monoisotopic (exact) mass is 324 g/mol. The normalized spacial score (nSPS) is 13.2. The minimum atomic E-state index is 0.705. The molecule has 0 aliphatic heterocycles. The first-order valence-corrected chi connectivity index (χ1v) is 7.13. The molecule has 0 bridgehead atoms. The summed E-state index contributed by atoms with van der Waals surface area (Å²) in [4.78, 5) is 2.19. The number of aryl methyl sites for hydroxylation is 1. The van der Waals surface area contributed by atoms with Crippen molar-refractivity contribution in [1.29, 1.82) is 0 Å². The van der Waals surface area contributed by atoms with Crippen LogP contribution >= 0.6 is 43.2 Å². The van der Waals surface area contributed by atoms with E-state index >= 15 is 0 Å². The van der Waals surface area contributed by atoms with Crippen LogP contribution < -0.4 is 0 Å². The third-order valence-corrected chi connectivity index (χ3v) is 4.80. The van der Waals surface area contributed by atoms with Crippen molar-refractivity contribution in [2.24, 2.45) is 0 Å². The summed E-state index contributed by atoms with van der Waals surface area (Å²) in [5, 5.41) is 0. The molecule has 0 saturated heterocycles. The van der Waals surface area contributed by atoms with E-state index in [-0.39, 0.29) is 0 Å². The van der Waals surface area contributed by atoms with Crippen LogP contribution in [0.5, 0.6) is 0 Å². The summed E-state index contributed by atoms with van der Waals surface area (Å²) in [6.07, 6.45) is 5.02. The second-order valence-corrected chi connectivity index (χ2v) is 6.95. The Morgan fingerprint density at radius 3 is 2.77 bits per heavy atom. The summed E-state index contributed by atoms with van der Waals surface area (Å²) in [5.74, 6) is 0. The second-order valence-electron chi connectivity index (χ2n) is 3.10. The van der Waals surface area contributed by atoms with Crippen molar-refractivity contribution in [2.45, 2.75) is 37.4 Å². The van der Waals surface area contributed by atoms with Crippen LogP contribution in [0.15, 0.2) is 15.9 Å². The van der Waals surface area contributed by atoms with Crippen molar-refractivity contribution in [3.8, 4) is 0 Å². The molecule has 13 heavy (non-hydrogen) atoms. The zero-order valence-corrected chi connectivity index (χ0v) is 11.7. The minimum Gasteiger partial charge on any atom is -0.133 e. The average Bonchev–Trinajstić information content (AvgIpc) is 2.51. The van der Waals surface area contributed by atoms with E-state index in [4.69, 9.17) is 0 Å². The third kappa shape index (κ3) is 4.61. The first kappa shape index (κ1) is 11.7. The molecule has 0 spiro atoms. The molecule has 1 aromatic rings. The summed E-state index contributed by atoms with van der Waals surface area (Å²) in [6, 6.07) is 4.34. The van der Waals surface area contributed by atoms with Gasteiger partial charge in [0.2, 0.25) is 0 Å². The summed E-state index contributed by atoms with van der Waals surface area (Å²) >= 11 is 8.97. The van der Waals surface area contributed by atoms with Gasteiger partial charge in [-0.15, -0.1) is 11.3 Å². The van der Waals surface area contributed by atoms with Gasteiger partial charge in [0.05, 0.1) is 3.79 Å². The van der Waals surface area contributed by atoms with E-state index in [9.17, 15) is 0 Å². The van der Waals surface area contributed by atoms with Crippen molar-refractivity contribution in [3.63, 3.8) is 0 Å². The Kier molecular flexibility index (Phi) is 5.60. The number of alkyl halides is 1. The highest BCUT2D eigenvalue weighted by molar-refractivity contribution is 9.11. The molecule has 1 heterocycles. The van der Waals surface area contributed by atoms with Crippen LogP contribution in [0.2, 0.25) is 0 Å². The molecule has 0 nitrogen and oxygen atoms in total. The number of rotatable bonds is 5. The topological polar surface area (TPSA) is 0 Å². The summed E-state index contributed by atoms with van der Waals surface area (Å²) in [6.45, 7) is 2.22. The molecule has 0 radical (unpaired) electrons. The van der Waals surface area contributed by atoms with Gasteiger partial charge in [-0.1, -0.05) is 22.9 Å². The highest BCUT2D eigenvalue weighted by atomic mass is 79.9. The predicted molar refractivity (Wildman–Crippen MR) is 68.0 cm³/mol. The molecule has 1 aromatic heterocycles. The Balaban J connectivity index is 2.20. The van der Waals surface area contributed by atoms with Crippen molar-refractivity contribution in [2.75, 3.05) is 0 Å². The fourth-order valence-corrected chi connectivity index (χ4v) is 3.04. The van der Waals surface area contributed by atoms with Crippen LogP contribution in [-0.4, -0.2) is 4.83 Å². The fraction of sp³-hybridized carbons (Fsp3) is 0.600. The third-order valence-electron chi connectivity index (χ3n) is 2.01. The lowest BCUT2D eigenvalue weighted by atomic mass is 10.1. The number of hydrogen-bond acceptors (Lipinski definition) is 1. The van der Waals surface area contributed by atoms with Crippen molar-refractivity contribution in [3.05, 3.63) is 20.8 Å². The smallest absolute Gasteiger partial charge is 0.0701 e. The predicted octanol–water partition coefficient (Wildman–Crippen LogP) is 5.01. The molecule has 0 aromatic carbocycles. The maximum atomic E-state index is 3.65. The van der Waals surface area contributed by atoms with Gasteiger partial charge >= 0.3 is 0 Å². The standard InChI is InChI=1S/C10H14Br2S/c1-2-8(11)4-3-5-9-6-7-10(12)13-9/h6-8H,2-5H2,1H3. The van der Waals surface area contributed by atoms with Crippen molar-refractivity contribution in [1.82, 2.24) is 0 Å². The summed E-state index contributed by atoms with van der Waals surface area (Å²) in [5.41, 5.74) is 0. The molecule has 1 rings (SSSR count). The average molecular weight is 326 g/mol. The van der Waals surface area contributed by atoms with Gasteiger partial charge in [-0.2, -0.15) is 0 Å². The number of halogens is 2. The van der Waals surface area contributed by atoms with Crippen molar-refractivity contribution < 1.29 is 0 Å². The second kappa shape index (κ2) is 6.20. The zero-order chi connectivity index (χ0) is 9.68. The summed E-state index contributed by atoms with van der Waals surface area (Å²) in [7, 11) is 0. The Hall–Kier alpha value is 0.660. The largest absolute Gasteiger partial charge is 0.133 e. The van der Waals surface area contributed by atoms with Crippen LogP contribution in [0.4, 0.5) is 0 Å². The van der Waals surface area contributed by atoms with Crippen LogP contribution in [-0.2, 0) is 6.42 Å². The molecular formula is C10H14Br2S. The highest BCUT2D eigenvalue weighted by Crippen LogP contribution is 2.24. The Bertz CT molecular complexity index is 245. The Labute approximate surface area is 101 Å². The van der Waals surface area contributed by atoms with E-state index in [2.05, 4.69) is 50.9 Å². The SMILES string of the molecule is CCC(Br)CCCc1ccc(Br)s1. The number of thiophene rings is 1. The maximum Gasteiger partial charge on any atom is 0.0701 e. The van der Waals surface area contributed by atoms with Gasteiger partial charge in [-0.05, 0) is 53.7 Å². The lowest BCUT2D eigenvalue weighted by Gasteiger charge is -2.04.